The van der Waals surface area contributed by atoms with E-state index in [0.29, 0.717) is 0 Å². The van der Waals surface area contributed by atoms with Gasteiger partial charge in [0.25, 0.3) is 0 Å². The highest BCUT2D eigenvalue weighted by Crippen LogP contribution is 2.32. The van der Waals surface area contributed by atoms with E-state index in [0.717, 1.165) is 30.1 Å². The first kappa shape index (κ1) is 9.36. The molecule has 0 aliphatic carbocycles. The largest absolute Gasteiger partial charge is 0.345 e. The number of aromatic nitrogens is 2. The molecule has 4 nitrogen and oxygen atoms in total. The third kappa shape index (κ3) is 1.58. The molecule has 2 unspecified atom stereocenters. The van der Waals surface area contributed by atoms with Gasteiger partial charge in [0.2, 0.25) is 0 Å². The van der Waals surface area contributed by atoms with Crippen molar-refractivity contribution < 1.29 is 0 Å². The topological polar surface area (TPSA) is 35.2 Å². The van der Waals surface area contributed by atoms with E-state index >= 15 is 0 Å². The summed E-state index contributed by atoms with van der Waals surface area (Å²) in [6.45, 7) is 5.49. The lowest BCUT2D eigenvalue weighted by Crippen LogP contribution is -2.67. The molecule has 2 saturated heterocycles. The number of aromatic amines is 1. The molecule has 0 spiro atoms. The number of fused-ring (bicyclic) bond motifs is 2. The monoisotopic (exact) mass is 206 g/mol. The van der Waals surface area contributed by atoms with Gasteiger partial charge in [-0.3, -0.25) is 4.90 Å². The number of likely N-dealkylation sites (tertiary alicyclic amines) is 2. The van der Waals surface area contributed by atoms with Crippen LogP contribution in [0.4, 0.5) is 0 Å². The number of H-pyrrole nitrogens is 1. The van der Waals surface area contributed by atoms with Crippen LogP contribution in [0.15, 0.2) is 6.20 Å². The number of likely N-dealkylation sites (N-methyl/N-ethyl adjacent to an activating group) is 1. The van der Waals surface area contributed by atoms with Crippen molar-refractivity contribution in [1.29, 1.82) is 0 Å². The van der Waals surface area contributed by atoms with Crippen molar-refractivity contribution in [2.24, 2.45) is 0 Å². The third-order valence-corrected chi connectivity index (χ3v) is 3.61. The standard InChI is InChI=1S/C11H18N4/c1-8-4-12-11(13-8)7-15-9-3-10(15)6-14(2)5-9/h4,9-10H,3,5-7H2,1-2H3,(H,12,13). The van der Waals surface area contributed by atoms with Gasteiger partial charge >= 0.3 is 0 Å². The van der Waals surface area contributed by atoms with Crippen LogP contribution in [-0.2, 0) is 6.54 Å². The second-order valence-corrected chi connectivity index (χ2v) is 4.95. The molecule has 2 bridgehead atoms. The van der Waals surface area contributed by atoms with Crippen molar-refractivity contribution in [2.75, 3.05) is 20.1 Å². The lowest BCUT2D eigenvalue weighted by molar-refractivity contribution is -0.0681. The predicted molar refractivity (Wildman–Crippen MR) is 58.6 cm³/mol. The summed E-state index contributed by atoms with van der Waals surface area (Å²) in [4.78, 5) is 12.7. The van der Waals surface area contributed by atoms with Crippen molar-refractivity contribution in [1.82, 2.24) is 19.8 Å². The van der Waals surface area contributed by atoms with Crippen molar-refractivity contribution in [3.63, 3.8) is 0 Å². The molecule has 82 valence electrons. The SMILES string of the molecule is Cc1cnc(CN2C3CC2CN(C)C3)[nH]1. The van der Waals surface area contributed by atoms with Crippen LogP contribution in [0.1, 0.15) is 17.9 Å². The summed E-state index contributed by atoms with van der Waals surface area (Å²) in [6, 6.07) is 1.53. The summed E-state index contributed by atoms with van der Waals surface area (Å²) in [5.74, 6) is 1.12. The minimum absolute atomic E-state index is 0.763. The van der Waals surface area contributed by atoms with Crippen molar-refractivity contribution in [2.45, 2.75) is 32.0 Å². The number of imidazole rings is 1. The van der Waals surface area contributed by atoms with E-state index < -0.39 is 0 Å². The molecule has 0 amide bonds. The molecule has 2 atom stereocenters. The molecule has 0 saturated carbocycles. The highest BCUT2D eigenvalue weighted by molar-refractivity contribution is 5.04. The number of piperazine rings is 1. The summed E-state index contributed by atoms with van der Waals surface area (Å²) < 4.78 is 0. The lowest BCUT2D eigenvalue weighted by atomic mass is 9.88. The Labute approximate surface area is 90.3 Å². The van der Waals surface area contributed by atoms with Crippen LogP contribution in [0.3, 0.4) is 0 Å². The number of hydrogen-bond acceptors (Lipinski definition) is 3. The van der Waals surface area contributed by atoms with Crippen LogP contribution in [0, 0.1) is 6.92 Å². The fraction of sp³-hybridized carbons (Fsp3) is 0.727. The predicted octanol–water partition coefficient (Wildman–Crippen LogP) is 0.606. The fourth-order valence-electron chi connectivity index (χ4n) is 2.88. The van der Waals surface area contributed by atoms with Gasteiger partial charge in [0.05, 0.1) is 6.54 Å². The van der Waals surface area contributed by atoms with Crippen molar-refractivity contribution in [3.05, 3.63) is 17.7 Å². The maximum Gasteiger partial charge on any atom is 0.120 e. The molecular weight excluding hydrogens is 188 g/mol. The quantitative estimate of drug-likeness (QED) is 0.770. The maximum absolute atomic E-state index is 4.37. The zero-order valence-corrected chi connectivity index (χ0v) is 9.40. The number of rotatable bonds is 2. The van der Waals surface area contributed by atoms with E-state index in [1.807, 2.05) is 6.20 Å². The van der Waals surface area contributed by atoms with E-state index in [1.54, 1.807) is 0 Å². The molecule has 3 heterocycles. The molecule has 4 heteroatoms. The van der Waals surface area contributed by atoms with E-state index in [1.165, 1.54) is 19.5 Å². The minimum Gasteiger partial charge on any atom is -0.345 e. The first-order valence-corrected chi connectivity index (χ1v) is 5.67. The average molecular weight is 206 g/mol. The minimum atomic E-state index is 0.763. The summed E-state index contributed by atoms with van der Waals surface area (Å²) >= 11 is 0. The number of piperidine rings is 1. The second kappa shape index (κ2) is 3.32. The fourth-order valence-corrected chi connectivity index (χ4v) is 2.88. The lowest BCUT2D eigenvalue weighted by Gasteiger charge is -2.55. The van der Waals surface area contributed by atoms with Gasteiger partial charge in [-0.1, -0.05) is 0 Å². The summed E-state index contributed by atoms with van der Waals surface area (Å²) in [6.07, 6.45) is 3.29. The first-order valence-electron chi connectivity index (χ1n) is 5.67. The molecule has 0 aromatic carbocycles. The zero-order valence-electron chi connectivity index (χ0n) is 9.40. The van der Waals surface area contributed by atoms with E-state index in [4.69, 9.17) is 0 Å². The van der Waals surface area contributed by atoms with Crippen LogP contribution in [0.5, 0.6) is 0 Å². The highest BCUT2D eigenvalue weighted by Gasteiger charge is 2.43. The Kier molecular flexibility index (Phi) is 2.07. The molecule has 1 aromatic rings. The second-order valence-electron chi connectivity index (χ2n) is 4.95. The van der Waals surface area contributed by atoms with Crippen LogP contribution in [-0.4, -0.2) is 52.0 Å². The van der Waals surface area contributed by atoms with Gasteiger partial charge in [0, 0.05) is 37.1 Å². The molecule has 2 aliphatic heterocycles. The number of aryl methyl sites for hydroxylation is 1. The summed E-state index contributed by atoms with van der Waals surface area (Å²) in [5.41, 5.74) is 1.16. The van der Waals surface area contributed by atoms with E-state index in [-0.39, 0.29) is 0 Å². The normalized spacial score (nSPS) is 31.6. The zero-order chi connectivity index (χ0) is 10.4. The molecule has 1 aromatic heterocycles. The van der Waals surface area contributed by atoms with Crippen LogP contribution in [0.2, 0.25) is 0 Å². The Balaban J connectivity index is 1.66. The molecule has 2 aliphatic rings. The smallest absolute Gasteiger partial charge is 0.120 e. The Morgan fingerprint density at radius 3 is 2.80 bits per heavy atom. The summed E-state index contributed by atoms with van der Waals surface area (Å²) in [5, 5.41) is 0. The Morgan fingerprint density at radius 2 is 2.20 bits per heavy atom. The average Bonchev–Trinajstić information content (AvgIpc) is 2.60. The number of hydrogen-bond donors (Lipinski definition) is 1. The number of nitrogens with one attached hydrogen (secondary N) is 1. The molecule has 2 fully saturated rings. The Bertz CT molecular complexity index is 347. The first-order chi connectivity index (χ1) is 7.22. The molecule has 3 rings (SSSR count). The van der Waals surface area contributed by atoms with Gasteiger partial charge < -0.3 is 9.88 Å². The number of nitrogens with zero attached hydrogens (tertiary/aromatic N) is 3. The van der Waals surface area contributed by atoms with Gasteiger partial charge in [-0.2, -0.15) is 0 Å². The molecule has 1 N–H and O–H groups in total. The maximum atomic E-state index is 4.37. The van der Waals surface area contributed by atoms with Gasteiger partial charge in [-0.25, -0.2) is 4.98 Å². The van der Waals surface area contributed by atoms with Gasteiger partial charge in [0.1, 0.15) is 5.82 Å². The third-order valence-electron chi connectivity index (χ3n) is 3.61. The van der Waals surface area contributed by atoms with E-state index in [2.05, 4.69) is 33.7 Å². The Morgan fingerprint density at radius 1 is 1.47 bits per heavy atom. The van der Waals surface area contributed by atoms with E-state index in [9.17, 15) is 0 Å². The van der Waals surface area contributed by atoms with Crippen LogP contribution in [0.25, 0.3) is 0 Å². The van der Waals surface area contributed by atoms with Gasteiger partial charge in [-0.15, -0.1) is 0 Å². The molecule has 0 radical (unpaired) electrons. The van der Waals surface area contributed by atoms with Crippen LogP contribution < -0.4 is 0 Å². The van der Waals surface area contributed by atoms with Gasteiger partial charge in [-0.05, 0) is 20.4 Å². The summed E-state index contributed by atoms with van der Waals surface area (Å²) in [7, 11) is 2.22. The van der Waals surface area contributed by atoms with Crippen molar-refractivity contribution >= 4 is 0 Å². The Hall–Kier alpha value is -0.870. The van der Waals surface area contributed by atoms with Crippen molar-refractivity contribution in [3.8, 4) is 0 Å². The molecular formula is C11H18N4. The molecule has 15 heavy (non-hydrogen) atoms. The highest BCUT2D eigenvalue weighted by atomic mass is 15.4. The van der Waals surface area contributed by atoms with Gasteiger partial charge in [0.15, 0.2) is 0 Å². The van der Waals surface area contributed by atoms with Crippen LogP contribution >= 0.6 is 0 Å².